The van der Waals surface area contributed by atoms with Gasteiger partial charge in [-0.3, -0.25) is 14.5 Å². The highest BCUT2D eigenvalue weighted by molar-refractivity contribution is 6.12. The summed E-state index contributed by atoms with van der Waals surface area (Å²) in [4.78, 5) is 26.5. The maximum absolute atomic E-state index is 13.4. The van der Waals surface area contributed by atoms with E-state index in [2.05, 4.69) is 41.8 Å². The molecule has 0 aromatic heterocycles. The monoisotopic (exact) mass is 385 g/mol. The van der Waals surface area contributed by atoms with Crippen molar-refractivity contribution in [2.45, 2.75) is 26.4 Å². The molecule has 3 aromatic rings. The topological polar surface area (TPSA) is 61.4 Å². The number of aryl methyl sites for hydroxylation is 1. The van der Waals surface area contributed by atoms with Gasteiger partial charge in [-0.25, -0.2) is 0 Å². The number of benzene rings is 3. The van der Waals surface area contributed by atoms with E-state index >= 15 is 0 Å². The van der Waals surface area contributed by atoms with Gasteiger partial charge in [0.25, 0.3) is 5.91 Å². The van der Waals surface area contributed by atoms with Gasteiger partial charge in [-0.05, 0) is 53.9 Å². The van der Waals surface area contributed by atoms with Crippen LogP contribution in [0.25, 0.3) is 0 Å². The first-order valence-electron chi connectivity index (χ1n) is 9.72. The van der Waals surface area contributed by atoms with Crippen LogP contribution in [-0.2, 0) is 11.2 Å². The second-order valence-corrected chi connectivity index (χ2v) is 7.09. The fraction of sp³-hybridized carbons (Fsp3) is 0.167. The van der Waals surface area contributed by atoms with Crippen molar-refractivity contribution in [2.24, 2.45) is 0 Å². The lowest BCUT2D eigenvalue weighted by molar-refractivity contribution is -0.114. The Balaban J connectivity index is 1.76. The zero-order valence-corrected chi connectivity index (χ0v) is 16.5. The molecule has 3 aromatic carbocycles. The van der Waals surface area contributed by atoms with Crippen molar-refractivity contribution in [2.75, 3.05) is 15.5 Å². The van der Waals surface area contributed by atoms with E-state index in [4.69, 9.17) is 0 Å². The number of carbonyl (C=O) groups excluding carboxylic acids is 2. The fourth-order valence-corrected chi connectivity index (χ4v) is 3.60. The van der Waals surface area contributed by atoms with Crippen molar-refractivity contribution in [3.63, 3.8) is 0 Å². The maximum Gasteiger partial charge on any atom is 0.262 e. The van der Waals surface area contributed by atoms with E-state index in [9.17, 15) is 9.59 Å². The summed E-state index contributed by atoms with van der Waals surface area (Å²) in [5, 5.41) is 6.27. The van der Waals surface area contributed by atoms with Gasteiger partial charge in [0.05, 0.1) is 5.56 Å². The van der Waals surface area contributed by atoms with Crippen molar-refractivity contribution in [1.82, 2.24) is 0 Å². The minimum absolute atomic E-state index is 0.0591. The van der Waals surface area contributed by atoms with Gasteiger partial charge in [-0.2, -0.15) is 0 Å². The van der Waals surface area contributed by atoms with Crippen molar-refractivity contribution < 1.29 is 9.59 Å². The van der Waals surface area contributed by atoms with Crippen molar-refractivity contribution in [3.8, 4) is 0 Å². The van der Waals surface area contributed by atoms with E-state index in [0.717, 1.165) is 23.4 Å². The predicted octanol–water partition coefficient (Wildman–Crippen LogP) is 4.98. The molecule has 0 fully saturated rings. The van der Waals surface area contributed by atoms with Gasteiger partial charge in [0.15, 0.2) is 0 Å². The van der Waals surface area contributed by atoms with Gasteiger partial charge in [0.2, 0.25) is 5.91 Å². The molecular formula is C24H23N3O2. The van der Waals surface area contributed by atoms with E-state index in [1.807, 2.05) is 48.5 Å². The van der Waals surface area contributed by atoms with Crippen LogP contribution in [0.1, 0.15) is 41.5 Å². The Morgan fingerprint density at radius 2 is 1.69 bits per heavy atom. The Morgan fingerprint density at radius 1 is 1.00 bits per heavy atom. The van der Waals surface area contributed by atoms with Gasteiger partial charge in [0.1, 0.15) is 6.17 Å². The summed E-state index contributed by atoms with van der Waals surface area (Å²) in [6.45, 7) is 3.59. The lowest BCUT2D eigenvalue weighted by atomic mass is 10.0. The SMILES string of the molecule is CCc1ccc([C@H]2Nc3ccccc3C(=O)N2c2ccc(NC(C)=O)cc2)cc1. The molecule has 5 heteroatoms. The molecule has 2 N–H and O–H groups in total. The number of rotatable bonds is 4. The summed E-state index contributed by atoms with van der Waals surface area (Å²) < 4.78 is 0. The minimum atomic E-state index is -0.324. The number of nitrogens with zero attached hydrogens (tertiary/aromatic N) is 1. The van der Waals surface area contributed by atoms with Crippen LogP contribution in [-0.4, -0.2) is 11.8 Å². The molecule has 1 heterocycles. The number of carbonyl (C=O) groups is 2. The fourth-order valence-electron chi connectivity index (χ4n) is 3.60. The van der Waals surface area contributed by atoms with Gasteiger partial charge in [-0.15, -0.1) is 0 Å². The van der Waals surface area contributed by atoms with Gasteiger partial charge in [-0.1, -0.05) is 43.3 Å². The zero-order valence-electron chi connectivity index (χ0n) is 16.5. The summed E-state index contributed by atoms with van der Waals surface area (Å²) in [5.41, 5.74) is 5.19. The molecule has 0 saturated heterocycles. The molecule has 0 saturated carbocycles. The lowest BCUT2D eigenvalue weighted by Gasteiger charge is -2.38. The third kappa shape index (κ3) is 3.72. The van der Waals surface area contributed by atoms with Crippen molar-refractivity contribution >= 4 is 28.9 Å². The lowest BCUT2D eigenvalue weighted by Crippen LogP contribution is -2.43. The number of hydrogen-bond acceptors (Lipinski definition) is 3. The Bertz CT molecular complexity index is 1040. The molecule has 4 rings (SSSR count). The molecule has 146 valence electrons. The largest absolute Gasteiger partial charge is 0.360 e. The quantitative estimate of drug-likeness (QED) is 0.666. The number of hydrogen-bond donors (Lipinski definition) is 2. The van der Waals surface area contributed by atoms with Crippen molar-refractivity contribution in [1.29, 1.82) is 0 Å². The van der Waals surface area contributed by atoms with Crippen LogP contribution in [0.3, 0.4) is 0 Å². The highest BCUT2D eigenvalue weighted by Crippen LogP contribution is 2.37. The molecule has 0 unspecified atom stereocenters. The maximum atomic E-state index is 13.4. The van der Waals surface area contributed by atoms with Gasteiger partial charge >= 0.3 is 0 Å². The average molecular weight is 385 g/mol. The highest BCUT2D eigenvalue weighted by Gasteiger charge is 2.33. The van der Waals surface area contributed by atoms with Crippen LogP contribution in [0.4, 0.5) is 17.1 Å². The third-order valence-electron chi connectivity index (χ3n) is 5.10. The van der Waals surface area contributed by atoms with Crippen LogP contribution in [0.15, 0.2) is 72.8 Å². The molecule has 0 spiro atoms. The first-order chi connectivity index (χ1) is 14.1. The molecule has 1 atom stereocenters. The predicted molar refractivity (Wildman–Crippen MR) is 116 cm³/mol. The summed E-state index contributed by atoms with van der Waals surface area (Å²) >= 11 is 0. The molecule has 0 bridgehead atoms. The summed E-state index contributed by atoms with van der Waals surface area (Å²) in [7, 11) is 0. The number of nitrogens with one attached hydrogen (secondary N) is 2. The summed E-state index contributed by atoms with van der Waals surface area (Å²) in [6, 6.07) is 23.2. The molecule has 29 heavy (non-hydrogen) atoms. The molecule has 1 aliphatic rings. The van der Waals surface area contributed by atoms with E-state index in [1.54, 1.807) is 4.90 Å². The van der Waals surface area contributed by atoms with Crippen LogP contribution in [0, 0.1) is 0 Å². The van der Waals surface area contributed by atoms with Crippen molar-refractivity contribution in [3.05, 3.63) is 89.5 Å². The Labute approximate surface area is 170 Å². The number of anilines is 3. The summed E-state index contributed by atoms with van der Waals surface area (Å²) in [5.74, 6) is -0.188. The smallest absolute Gasteiger partial charge is 0.262 e. The Kier molecular flexibility index (Phi) is 5.04. The van der Waals surface area contributed by atoms with Crippen LogP contribution < -0.4 is 15.5 Å². The van der Waals surface area contributed by atoms with E-state index in [-0.39, 0.29) is 18.0 Å². The second-order valence-electron chi connectivity index (χ2n) is 7.09. The van der Waals surface area contributed by atoms with E-state index < -0.39 is 0 Å². The van der Waals surface area contributed by atoms with Crippen LogP contribution in [0.5, 0.6) is 0 Å². The zero-order chi connectivity index (χ0) is 20.4. The molecule has 2 amide bonds. The first-order valence-corrected chi connectivity index (χ1v) is 9.72. The van der Waals surface area contributed by atoms with E-state index in [0.29, 0.717) is 11.3 Å². The van der Waals surface area contributed by atoms with Crippen LogP contribution >= 0.6 is 0 Å². The molecule has 5 nitrogen and oxygen atoms in total. The Morgan fingerprint density at radius 3 is 2.34 bits per heavy atom. The first kappa shape index (κ1) is 18.7. The number of fused-ring (bicyclic) bond motifs is 1. The molecule has 0 radical (unpaired) electrons. The average Bonchev–Trinajstić information content (AvgIpc) is 2.74. The molecular weight excluding hydrogens is 362 g/mol. The van der Waals surface area contributed by atoms with E-state index in [1.165, 1.54) is 12.5 Å². The molecule has 1 aliphatic heterocycles. The Hall–Kier alpha value is -3.60. The third-order valence-corrected chi connectivity index (χ3v) is 5.10. The summed E-state index contributed by atoms with van der Waals surface area (Å²) in [6.07, 6.45) is 0.643. The normalized spacial score (nSPS) is 15.4. The second kappa shape index (κ2) is 7.80. The van der Waals surface area contributed by atoms with Crippen LogP contribution in [0.2, 0.25) is 0 Å². The standard InChI is InChI=1S/C24H23N3O2/c1-3-17-8-10-18(11-9-17)23-26-22-7-5-4-6-21(22)24(29)27(23)20-14-12-19(13-15-20)25-16(2)28/h4-15,23,26H,3H2,1-2H3,(H,25,28)/t23-/m0/s1. The highest BCUT2D eigenvalue weighted by atomic mass is 16.2. The number of para-hydroxylation sites is 1. The number of amides is 2. The van der Waals surface area contributed by atoms with Gasteiger partial charge in [0, 0.05) is 24.0 Å². The minimum Gasteiger partial charge on any atom is -0.360 e. The molecule has 0 aliphatic carbocycles. The van der Waals surface area contributed by atoms with Gasteiger partial charge < -0.3 is 10.6 Å².